The summed E-state index contributed by atoms with van der Waals surface area (Å²) in [6.07, 6.45) is 5.16. The van der Waals surface area contributed by atoms with Crippen molar-refractivity contribution in [1.82, 2.24) is 4.90 Å². The molecule has 0 spiro atoms. The first-order valence-corrected chi connectivity index (χ1v) is 6.99. The van der Waals surface area contributed by atoms with Crippen molar-refractivity contribution in [2.75, 3.05) is 25.1 Å². The average Bonchev–Trinajstić information content (AvgIpc) is 2.23. The van der Waals surface area contributed by atoms with Crippen LogP contribution in [0.4, 0.5) is 0 Å². The lowest BCUT2D eigenvalue weighted by Crippen LogP contribution is -2.36. The number of amides is 1. The van der Waals surface area contributed by atoms with Gasteiger partial charge in [-0.05, 0) is 31.3 Å². The average molecular weight is 247 g/mol. The molecule has 0 rings (SSSR count). The van der Waals surface area contributed by atoms with Crippen molar-refractivity contribution in [1.29, 1.82) is 0 Å². The van der Waals surface area contributed by atoms with Gasteiger partial charge in [0, 0.05) is 13.0 Å². The molecular formula is C11H21NO3S. The first kappa shape index (κ1) is 15.3. The predicted octanol–water partition coefficient (Wildman–Crippen LogP) is 1.84. The maximum absolute atomic E-state index is 11.7. The highest BCUT2D eigenvalue weighted by Crippen LogP contribution is 2.05. The predicted molar refractivity (Wildman–Crippen MR) is 66.7 cm³/mol. The van der Waals surface area contributed by atoms with E-state index in [0.29, 0.717) is 13.0 Å². The highest BCUT2D eigenvalue weighted by molar-refractivity contribution is 7.98. The molecule has 0 saturated carbocycles. The minimum Gasteiger partial charge on any atom is -0.480 e. The van der Waals surface area contributed by atoms with Crippen LogP contribution in [0.25, 0.3) is 0 Å². The summed E-state index contributed by atoms with van der Waals surface area (Å²) in [5.41, 5.74) is 0. The summed E-state index contributed by atoms with van der Waals surface area (Å²) in [6.45, 7) is 2.30. The van der Waals surface area contributed by atoms with Gasteiger partial charge in [0.1, 0.15) is 6.54 Å². The molecule has 4 nitrogen and oxygen atoms in total. The van der Waals surface area contributed by atoms with Crippen molar-refractivity contribution in [2.24, 2.45) is 0 Å². The van der Waals surface area contributed by atoms with E-state index in [4.69, 9.17) is 5.11 Å². The van der Waals surface area contributed by atoms with E-state index in [-0.39, 0.29) is 12.5 Å². The number of carbonyl (C=O) groups is 2. The Kier molecular flexibility index (Phi) is 9.09. The monoisotopic (exact) mass is 247 g/mol. The zero-order valence-electron chi connectivity index (χ0n) is 10.1. The molecule has 0 atom stereocenters. The fraction of sp³-hybridized carbons (Fsp3) is 0.818. The molecule has 0 aromatic rings. The van der Waals surface area contributed by atoms with E-state index < -0.39 is 5.97 Å². The molecule has 0 saturated heterocycles. The summed E-state index contributed by atoms with van der Waals surface area (Å²) >= 11 is 1.76. The number of hydrogen-bond donors (Lipinski definition) is 1. The normalized spacial score (nSPS) is 10.1. The van der Waals surface area contributed by atoms with Crippen LogP contribution in [-0.2, 0) is 9.59 Å². The number of thioether (sulfide) groups is 1. The topological polar surface area (TPSA) is 57.6 Å². The van der Waals surface area contributed by atoms with Gasteiger partial charge in [0.05, 0.1) is 0 Å². The summed E-state index contributed by atoms with van der Waals surface area (Å²) in [7, 11) is 0. The molecule has 1 N–H and O–H groups in total. The van der Waals surface area contributed by atoms with Crippen LogP contribution < -0.4 is 0 Å². The summed E-state index contributed by atoms with van der Waals surface area (Å²) in [4.78, 5) is 23.7. The second-order valence-electron chi connectivity index (χ2n) is 3.66. The first-order chi connectivity index (χ1) is 7.61. The van der Waals surface area contributed by atoms with Crippen molar-refractivity contribution in [2.45, 2.75) is 32.6 Å². The molecule has 94 valence electrons. The third-order valence-corrected chi connectivity index (χ3v) is 2.86. The van der Waals surface area contributed by atoms with Crippen LogP contribution in [0.3, 0.4) is 0 Å². The Balaban J connectivity index is 3.91. The van der Waals surface area contributed by atoms with E-state index in [1.807, 2.05) is 13.2 Å². The maximum Gasteiger partial charge on any atom is 0.323 e. The molecule has 0 aliphatic rings. The van der Waals surface area contributed by atoms with Gasteiger partial charge in [-0.1, -0.05) is 6.92 Å². The minimum atomic E-state index is -0.939. The quantitative estimate of drug-likeness (QED) is 0.632. The number of nitrogens with zero attached hydrogens (tertiary/aromatic N) is 1. The summed E-state index contributed by atoms with van der Waals surface area (Å²) in [5.74, 6) is 0.0799. The Hall–Kier alpha value is -0.710. The zero-order chi connectivity index (χ0) is 12.4. The zero-order valence-corrected chi connectivity index (χ0v) is 10.9. The van der Waals surface area contributed by atoms with Crippen LogP contribution in [0.5, 0.6) is 0 Å². The second-order valence-corrected chi connectivity index (χ2v) is 4.64. The molecule has 0 aromatic carbocycles. The van der Waals surface area contributed by atoms with Crippen LogP contribution in [0, 0.1) is 0 Å². The molecule has 0 radical (unpaired) electrons. The highest BCUT2D eigenvalue weighted by Gasteiger charge is 2.14. The first-order valence-electron chi connectivity index (χ1n) is 5.60. The Bertz CT molecular complexity index is 221. The third kappa shape index (κ3) is 7.56. The van der Waals surface area contributed by atoms with Crippen LogP contribution >= 0.6 is 11.8 Å². The van der Waals surface area contributed by atoms with Crippen molar-refractivity contribution in [3.8, 4) is 0 Å². The fourth-order valence-electron chi connectivity index (χ4n) is 1.41. The standard InChI is InChI=1S/C11H21NO3S/c1-3-7-12(9-11(14)15)10(13)6-4-5-8-16-2/h3-9H2,1-2H3,(H,14,15). The summed E-state index contributed by atoms with van der Waals surface area (Å²) < 4.78 is 0. The smallest absolute Gasteiger partial charge is 0.323 e. The Morgan fingerprint density at radius 1 is 1.31 bits per heavy atom. The van der Waals surface area contributed by atoms with Gasteiger partial charge in [0.2, 0.25) is 5.91 Å². The van der Waals surface area contributed by atoms with Crippen molar-refractivity contribution in [3.63, 3.8) is 0 Å². The van der Waals surface area contributed by atoms with Gasteiger partial charge in [-0.25, -0.2) is 0 Å². The third-order valence-electron chi connectivity index (χ3n) is 2.16. The van der Waals surface area contributed by atoms with Gasteiger partial charge in [-0.3, -0.25) is 9.59 Å². The van der Waals surface area contributed by atoms with E-state index in [2.05, 4.69) is 0 Å². The van der Waals surface area contributed by atoms with Crippen LogP contribution in [-0.4, -0.2) is 47.0 Å². The number of hydrogen-bond acceptors (Lipinski definition) is 3. The van der Waals surface area contributed by atoms with Gasteiger partial charge in [-0.15, -0.1) is 0 Å². The van der Waals surface area contributed by atoms with Gasteiger partial charge in [0.25, 0.3) is 0 Å². The number of carboxylic acid groups (broad SMARTS) is 1. The van der Waals surface area contributed by atoms with Gasteiger partial charge in [0.15, 0.2) is 0 Å². The van der Waals surface area contributed by atoms with Gasteiger partial charge < -0.3 is 10.0 Å². The molecular weight excluding hydrogens is 226 g/mol. The van der Waals surface area contributed by atoms with Crippen molar-refractivity contribution in [3.05, 3.63) is 0 Å². The molecule has 0 aliphatic heterocycles. The molecule has 0 bridgehead atoms. The molecule has 0 heterocycles. The number of aliphatic carboxylic acids is 1. The lowest BCUT2D eigenvalue weighted by atomic mass is 10.2. The molecule has 0 unspecified atom stereocenters. The number of carbonyl (C=O) groups excluding carboxylic acids is 1. The minimum absolute atomic E-state index is 0.0367. The van der Waals surface area contributed by atoms with Crippen molar-refractivity contribution >= 4 is 23.6 Å². The van der Waals surface area contributed by atoms with E-state index >= 15 is 0 Å². The van der Waals surface area contributed by atoms with E-state index in [1.54, 1.807) is 11.8 Å². The van der Waals surface area contributed by atoms with Crippen molar-refractivity contribution < 1.29 is 14.7 Å². The Morgan fingerprint density at radius 2 is 2.00 bits per heavy atom. The largest absolute Gasteiger partial charge is 0.480 e. The second kappa shape index (κ2) is 9.51. The molecule has 1 amide bonds. The van der Waals surface area contributed by atoms with Crippen LogP contribution in [0.1, 0.15) is 32.6 Å². The maximum atomic E-state index is 11.7. The number of carboxylic acids is 1. The molecule has 0 aliphatic carbocycles. The molecule has 5 heteroatoms. The Morgan fingerprint density at radius 3 is 2.50 bits per heavy atom. The van der Waals surface area contributed by atoms with Crippen LogP contribution in [0.2, 0.25) is 0 Å². The Labute approximate surface area is 101 Å². The van der Waals surface area contributed by atoms with Crippen LogP contribution in [0.15, 0.2) is 0 Å². The SMILES string of the molecule is CCCN(CC(=O)O)C(=O)CCCCSC. The number of rotatable bonds is 9. The van der Waals surface area contributed by atoms with E-state index in [1.165, 1.54) is 4.90 Å². The highest BCUT2D eigenvalue weighted by atomic mass is 32.2. The lowest BCUT2D eigenvalue weighted by molar-refractivity contribution is -0.144. The molecule has 16 heavy (non-hydrogen) atoms. The summed E-state index contributed by atoms with van der Waals surface area (Å²) in [5, 5.41) is 8.67. The fourth-order valence-corrected chi connectivity index (χ4v) is 1.90. The molecule has 0 fully saturated rings. The summed E-state index contributed by atoms with van der Waals surface area (Å²) in [6, 6.07) is 0. The lowest BCUT2D eigenvalue weighted by Gasteiger charge is -2.19. The van der Waals surface area contributed by atoms with Gasteiger partial charge in [-0.2, -0.15) is 11.8 Å². The molecule has 0 aromatic heterocycles. The number of unbranched alkanes of at least 4 members (excludes halogenated alkanes) is 1. The van der Waals surface area contributed by atoms with E-state index in [0.717, 1.165) is 25.0 Å². The van der Waals surface area contributed by atoms with Gasteiger partial charge >= 0.3 is 5.97 Å². The van der Waals surface area contributed by atoms with E-state index in [9.17, 15) is 9.59 Å².